The minimum atomic E-state index is 0.154. The molecule has 0 aromatic heterocycles. The first-order valence-electron chi connectivity index (χ1n) is 6.47. The Kier molecular flexibility index (Phi) is 5.84. The smallest absolute Gasteiger partial charge is 0.0599 e. The van der Waals surface area contributed by atoms with Crippen LogP contribution >= 0.6 is 47.8 Å². The number of nitrogens with one attached hydrogen (secondary N) is 1. The van der Waals surface area contributed by atoms with E-state index in [0.717, 1.165) is 20.0 Å². The minimum Gasteiger partial charge on any atom is -0.306 e. The molecule has 0 saturated carbocycles. The van der Waals surface area contributed by atoms with Crippen molar-refractivity contribution in [3.8, 4) is 0 Å². The van der Waals surface area contributed by atoms with Crippen LogP contribution in [0.1, 0.15) is 29.7 Å². The van der Waals surface area contributed by atoms with E-state index in [-0.39, 0.29) is 6.04 Å². The normalized spacial score (nSPS) is 12.4. The van der Waals surface area contributed by atoms with Gasteiger partial charge in [-0.15, -0.1) is 0 Å². The molecule has 2 rings (SSSR count). The van der Waals surface area contributed by atoms with Gasteiger partial charge in [-0.05, 0) is 54.4 Å². The zero-order valence-electron chi connectivity index (χ0n) is 11.4. The van der Waals surface area contributed by atoms with Crippen molar-refractivity contribution in [2.24, 2.45) is 0 Å². The summed E-state index contributed by atoms with van der Waals surface area (Å²) in [6.07, 6.45) is 0. The summed E-state index contributed by atoms with van der Waals surface area (Å²) >= 11 is 10.9. The van der Waals surface area contributed by atoms with Gasteiger partial charge in [-0.1, -0.05) is 66.8 Å². The van der Waals surface area contributed by atoms with E-state index in [1.807, 2.05) is 6.07 Å². The predicted octanol–water partition coefficient (Wildman–Crippen LogP) is 5.98. The fourth-order valence-corrected chi connectivity index (χ4v) is 3.77. The van der Waals surface area contributed by atoms with Crippen molar-refractivity contribution in [2.45, 2.75) is 19.9 Å². The topological polar surface area (TPSA) is 12.0 Å². The molecule has 20 heavy (non-hydrogen) atoms. The molecule has 106 valence electrons. The lowest BCUT2D eigenvalue weighted by Gasteiger charge is -2.22. The fourth-order valence-electron chi connectivity index (χ4n) is 2.19. The first-order valence-corrected chi connectivity index (χ1v) is 8.85. The van der Waals surface area contributed by atoms with Crippen molar-refractivity contribution < 1.29 is 0 Å². The quantitative estimate of drug-likeness (QED) is 0.590. The van der Waals surface area contributed by atoms with Gasteiger partial charge in [0.2, 0.25) is 0 Å². The Labute approximate surface area is 145 Å². The van der Waals surface area contributed by atoms with Gasteiger partial charge in [-0.25, -0.2) is 0 Å². The zero-order chi connectivity index (χ0) is 14.7. The van der Waals surface area contributed by atoms with Gasteiger partial charge >= 0.3 is 0 Å². The first-order chi connectivity index (χ1) is 9.52. The predicted molar refractivity (Wildman–Crippen MR) is 96.2 cm³/mol. The van der Waals surface area contributed by atoms with Gasteiger partial charge in [0.05, 0.1) is 6.04 Å². The second-order valence-corrected chi connectivity index (χ2v) is 7.31. The van der Waals surface area contributed by atoms with Crippen molar-refractivity contribution in [2.75, 3.05) is 6.54 Å². The molecule has 1 nitrogen and oxygen atoms in total. The van der Waals surface area contributed by atoms with E-state index in [1.165, 1.54) is 16.7 Å². The highest BCUT2D eigenvalue weighted by Crippen LogP contribution is 2.34. The Bertz CT molecular complexity index is 611. The maximum absolute atomic E-state index is 3.69. The standard InChI is InChI=1S/C16H16Br3N/c1-3-20-16(12-6-4-10(2)8-15(12)19)13-9-11(17)5-7-14(13)18/h4-9,16,20H,3H2,1-2H3. The molecule has 2 aromatic carbocycles. The van der Waals surface area contributed by atoms with Gasteiger partial charge in [0.1, 0.15) is 0 Å². The van der Waals surface area contributed by atoms with Gasteiger partial charge in [0, 0.05) is 13.4 Å². The molecule has 1 N–H and O–H groups in total. The second-order valence-electron chi connectivity index (χ2n) is 4.68. The fraction of sp³-hybridized carbons (Fsp3) is 0.250. The monoisotopic (exact) mass is 459 g/mol. The van der Waals surface area contributed by atoms with Gasteiger partial charge in [0.25, 0.3) is 0 Å². The molecule has 0 aliphatic rings. The van der Waals surface area contributed by atoms with Crippen LogP contribution in [0.4, 0.5) is 0 Å². The lowest BCUT2D eigenvalue weighted by atomic mass is 9.98. The van der Waals surface area contributed by atoms with Gasteiger partial charge in [-0.2, -0.15) is 0 Å². The second kappa shape index (κ2) is 7.21. The maximum Gasteiger partial charge on any atom is 0.0599 e. The number of rotatable bonds is 4. The van der Waals surface area contributed by atoms with Gasteiger partial charge < -0.3 is 5.32 Å². The first kappa shape index (κ1) is 16.2. The summed E-state index contributed by atoms with van der Waals surface area (Å²) < 4.78 is 3.33. The maximum atomic E-state index is 3.69. The van der Waals surface area contributed by atoms with E-state index in [0.29, 0.717) is 0 Å². The highest BCUT2D eigenvalue weighted by atomic mass is 79.9. The third kappa shape index (κ3) is 3.73. The van der Waals surface area contributed by atoms with E-state index in [2.05, 4.69) is 97.3 Å². The third-order valence-corrected chi connectivity index (χ3v) is 5.05. The summed E-state index contributed by atoms with van der Waals surface area (Å²) in [6, 6.07) is 12.9. The Balaban J connectivity index is 2.53. The van der Waals surface area contributed by atoms with Crippen molar-refractivity contribution in [3.05, 3.63) is 66.5 Å². The summed E-state index contributed by atoms with van der Waals surface area (Å²) in [6.45, 7) is 5.14. The van der Waals surface area contributed by atoms with Crippen LogP contribution in [-0.4, -0.2) is 6.54 Å². The Morgan fingerprint density at radius 1 is 0.950 bits per heavy atom. The summed E-state index contributed by atoms with van der Waals surface area (Å²) in [7, 11) is 0. The average molecular weight is 462 g/mol. The molecular formula is C16H16Br3N. The van der Waals surface area contributed by atoms with Crippen LogP contribution in [0.3, 0.4) is 0 Å². The summed E-state index contributed by atoms with van der Waals surface area (Å²) in [5.41, 5.74) is 3.73. The van der Waals surface area contributed by atoms with Crippen LogP contribution in [0, 0.1) is 6.92 Å². The van der Waals surface area contributed by atoms with E-state index < -0.39 is 0 Å². The van der Waals surface area contributed by atoms with E-state index in [1.54, 1.807) is 0 Å². The summed E-state index contributed by atoms with van der Waals surface area (Å²) in [5.74, 6) is 0. The molecule has 1 unspecified atom stereocenters. The average Bonchev–Trinajstić information content (AvgIpc) is 2.40. The molecule has 2 aromatic rings. The lowest BCUT2D eigenvalue weighted by Crippen LogP contribution is -2.22. The minimum absolute atomic E-state index is 0.154. The Morgan fingerprint density at radius 3 is 2.35 bits per heavy atom. The number of benzene rings is 2. The molecule has 0 aliphatic heterocycles. The van der Waals surface area contributed by atoms with E-state index >= 15 is 0 Å². The van der Waals surface area contributed by atoms with Crippen molar-refractivity contribution in [1.82, 2.24) is 5.32 Å². The lowest BCUT2D eigenvalue weighted by molar-refractivity contribution is 0.626. The van der Waals surface area contributed by atoms with Crippen molar-refractivity contribution in [3.63, 3.8) is 0 Å². The number of aryl methyl sites for hydroxylation is 1. The van der Waals surface area contributed by atoms with Gasteiger partial charge in [-0.3, -0.25) is 0 Å². The highest BCUT2D eigenvalue weighted by molar-refractivity contribution is 9.11. The molecule has 0 bridgehead atoms. The Morgan fingerprint density at radius 2 is 1.70 bits per heavy atom. The summed E-state index contributed by atoms with van der Waals surface area (Å²) in [4.78, 5) is 0. The van der Waals surface area contributed by atoms with Crippen LogP contribution in [0.5, 0.6) is 0 Å². The molecule has 0 heterocycles. The van der Waals surface area contributed by atoms with Crippen molar-refractivity contribution >= 4 is 47.8 Å². The molecule has 4 heteroatoms. The Hall–Kier alpha value is -0.160. The van der Waals surface area contributed by atoms with Gasteiger partial charge in [0.15, 0.2) is 0 Å². The van der Waals surface area contributed by atoms with Crippen LogP contribution in [-0.2, 0) is 0 Å². The van der Waals surface area contributed by atoms with E-state index in [9.17, 15) is 0 Å². The number of halogens is 3. The molecule has 1 atom stereocenters. The largest absolute Gasteiger partial charge is 0.306 e. The highest BCUT2D eigenvalue weighted by Gasteiger charge is 2.18. The molecule has 0 fully saturated rings. The van der Waals surface area contributed by atoms with Crippen LogP contribution in [0.15, 0.2) is 49.8 Å². The molecule has 0 aliphatic carbocycles. The van der Waals surface area contributed by atoms with Crippen molar-refractivity contribution in [1.29, 1.82) is 0 Å². The molecule has 0 saturated heterocycles. The SMILES string of the molecule is CCNC(c1ccc(C)cc1Br)c1cc(Br)ccc1Br. The van der Waals surface area contributed by atoms with Crippen LogP contribution in [0.2, 0.25) is 0 Å². The van der Waals surface area contributed by atoms with E-state index in [4.69, 9.17) is 0 Å². The van der Waals surface area contributed by atoms with Crippen LogP contribution in [0.25, 0.3) is 0 Å². The number of hydrogen-bond acceptors (Lipinski definition) is 1. The molecule has 0 radical (unpaired) electrons. The zero-order valence-corrected chi connectivity index (χ0v) is 16.1. The third-order valence-electron chi connectivity index (χ3n) is 3.14. The molecule has 0 amide bonds. The summed E-state index contributed by atoms with van der Waals surface area (Å²) in [5, 5.41) is 3.56. The number of hydrogen-bond donors (Lipinski definition) is 1. The molecular weight excluding hydrogens is 446 g/mol. The van der Waals surface area contributed by atoms with Crippen LogP contribution < -0.4 is 5.32 Å². The molecule has 0 spiro atoms.